The molecule has 0 unspecified atom stereocenters. The predicted octanol–water partition coefficient (Wildman–Crippen LogP) is 5.27. The molecule has 0 saturated carbocycles. The molecule has 2 atom stereocenters. The molecule has 4 aliphatic rings. The van der Waals surface area contributed by atoms with Crippen molar-refractivity contribution >= 4 is 70.1 Å². The van der Waals surface area contributed by atoms with Crippen molar-refractivity contribution in [2.24, 2.45) is 10.9 Å². The number of ether oxygens (including phenoxy) is 4. The summed E-state index contributed by atoms with van der Waals surface area (Å²) in [5.74, 6) is 4.41. The van der Waals surface area contributed by atoms with E-state index in [1.54, 1.807) is 47.5 Å². The van der Waals surface area contributed by atoms with Gasteiger partial charge in [-0.25, -0.2) is 5.90 Å². The molecule has 20 nitrogen and oxygen atoms in total. The first-order chi connectivity index (χ1) is 36.5. The number of hydrogen-bond acceptors (Lipinski definition) is 14. The van der Waals surface area contributed by atoms with Crippen molar-refractivity contribution in [3.8, 4) is 23.0 Å². The quantitative estimate of drug-likeness (QED) is 0.0382. The first-order valence-electron chi connectivity index (χ1n) is 24.8. The number of unbranched alkanes of at least 4 members (excludes halogenated alkanes) is 1. The second-order valence-electron chi connectivity index (χ2n) is 18.5. The van der Waals surface area contributed by atoms with Gasteiger partial charge in [0.2, 0.25) is 23.6 Å². The highest BCUT2D eigenvalue weighted by atomic mass is 16.6. The average Bonchev–Trinajstić information content (AvgIpc) is 3.93. The van der Waals surface area contributed by atoms with Crippen LogP contribution in [0.1, 0.15) is 75.1 Å². The highest BCUT2D eigenvalue weighted by Gasteiger charge is 2.39. The van der Waals surface area contributed by atoms with Crippen LogP contribution in [0, 0.1) is 0 Å². The number of amides is 6. The number of nitrogens with two attached hydrogens (primary N) is 1. The summed E-state index contributed by atoms with van der Waals surface area (Å²) in [6.07, 6.45) is 5.07. The summed E-state index contributed by atoms with van der Waals surface area (Å²) in [5.41, 5.74) is 7.39. The molecule has 5 aromatic rings. The van der Waals surface area contributed by atoms with E-state index in [9.17, 15) is 28.8 Å². The van der Waals surface area contributed by atoms with E-state index in [-0.39, 0.29) is 68.3 Å². The molecular weight excluding hydrogens is 963 g/mol. The standard InChI is InChI=1S/C55H59N9O11/c1-71-46-23-40-42(58-27-38-21-35-10-3-5-12-44(35)63(38)54(40)69)25-48(46)73-31-33-18-34(20-37(19-33)62-53(68)30-61-52(67)29-60-51(66)15-8-7-14-50(65)57-16-9-17-75-56)32-74-49-26-43-41(24-47(49)72-2)55(70)64-39(28-59-43)22-36-11-4-6-13-45(36)64/h3-6,10-13,18-20,23-27,38-39,59H,7-9,14-17,21-22,28-32,56H2,1-2H3,(H,57,65)(H,60,66)(H,61,67)(H,62,68)/t38-,39-/m0/s1. The molecule has 390 valence electrons. The summed E-state index contributed by atoms with van der Waals surface area (Å²) < 4.78 is 24.3. The zero-order chi connectivity index (χ0) is 52.4. The number of aliphatic imine (C=N–C) groups is 1. The Labute approximate surface area is 433 Å². The van der Waals surface area contributed by atoms with Gasteiger partial charge in [-0.3, -0.25) is 38.7 Å². The lowest BCUT2D eigenvalue weighted by molar-refractivity contribution is -0.127. The average molecular weight is 1020 g/mol. The van der Waals surface area contributed by atoms with Gasteiger partial charge in [-0.1, -0.05) is 36.4 Å². The zero-order valence-electron chi connectivity index (χ0n) is 41.7. The SMILES string of the molecule is COc1cc2c(cc1OCc1cc(COc3cc4c(cc3OC)C(=O)N3c5ccccc5C[C@H]3CN4)cc(NC(=O)CNC(=O)CNC(=O)CCCCC(=O)NCCCON)c1)N=C[C@@H]1Cc3ccccc3N1C2=O. The molecule has 0 spiro atoms. The Balaban J connectivity index is 0.874. The minimum atomic E-state index is -0.572. The summed E-state index contributed by atoms with van der Waals surface area (Å²) in [5, 5.41) is 14.1. The lowest BCUT2D eigenvalue weighted by Crippen LogP contribution is -2.40. The van der Waals surface area contributed by atoms with Gasteiger partial charge in [0, 0.05) is 67.8 Å². The van der Waals surface area contributed by atoms with Crippen LogP contribution in [0.15, 0.2) is 96.0 Å². The topological polar surface area (TPSA) is 254 Å². The molecule has 4 aliphatic heterocycles. The monoisotopic (exact) mass is 1020 g/mol. The molecule has 9 rings (SSSR count). The number of methoxy groups -OCH3 is 2. The minimum Gasteiger partial charge on any atom is -0.493 e. The molecule has 0 fully saturated rings. The maximum Gasteiger partial charge on any atom is 0.261 e. The molecule has 75 heavy (non-hydrogen) atoms. The van der Waals surface area contributed by atoms with Crippen LogP contribution in [0.2, 0.25) is 0 Å². The first-order valence-corrected chi connectivity index (χ1v) is 24.8. The fourth-order valence-electron chi connectivity index (χ4n) is 9.68. The van der Waals surface area contributed by atoms with E-state index in [1.807, 2.05) is 59.5 Å². The van der Waals surface area contributed by atoms with E-state index in [0.29, 0.717) is 108 Å². The minimum absolute atomic E-state index is 0.00355. The van der Waals surface area contributed by atoms with Crippen LogP contribution in [0.5, 0.6) is 23.0 Å². The van der Waals surface area contributed by atoms with E-state index in [0.717, 1.165) is 28.9 Å². The molecule has 7 N–H and O–H groups in total. The highest BCUT2D eigenvalue weighted by molar-refractivity contribution is 6.15. The van der Waals surface area contributed by atoms with Gasteiger partial charge >= 0.3 is 0 Å². The smallest absolute Gasteiger partial charge is 0.261 e. The molecule has 0 aromatic heterocycles. The van der Waals surface area contributed by atoms with E-state index < -0.39 is 18.4 Å². The third-order valence-corrected chi connectivity index (χ3v) is 13.3. The van der Waals surface area contributed by atoms with Gasteiger partial charge in [0.15, 0.2) is 23.0 Å². The number of carbonyl (C=O) groups excluding carboxylic acids is 6. The number of hydrogen-bond donors (Lipinski definition) is 6. The van der Waals surface area contributed by atoms with Gasteiger partial charge in [0.05, 0.1) is 68.5 Å². The number of carbonyl (C=O) groups is 6. The van der Waals surface area contributed by atoms with Crippen LogP contribution in [0.3, 0.4) is 0 Å². The maximum atomic E-state index is 14.1. The van der Waals surface area contributed by atoms with E-state index >= 15 is 0 Å². The zero-order valence-corrected chi connectivity index (χ0v) is 41.7. The largest absolute Gasteiger partial charge is 0.493 e. The molecular formula is C55H59N9O11. The van der Waals surface area contributed by atoms with Crippen molar-refractivity contribution in [2.45, 2.75) is 70.2 Å². The van der Waals surface area contributed by atoms with Crippen molar-refractivity contribution in [1.29, 1.82) is 0 Å². The molecule has 0 radical (unpaired) electrons. The number of nitrogens with one attached hydrogen (secondary N) is 5. The number of benzene rings is 5. The molecule has 20 heteroatoms. The number of para-hydroxylation sites is 2. The molecule has 5 aromatic carbocycles. The first kappa shape index (κ1) is 51.4. The third-order valence-electron chi connectivity index (χ3n) is 13.3. The fraction of sp³-hybridized carbons (Fsp3) is 0.327. The van der Waals surface area contributed by atoms with Crippen molar-refractivity contribution < 1.29 is 52.6 Å². The highest BCUT2D eigenvalue weighted by Crippen LogP contribution is 2.43. The summed E-state index contributed by atoms with van der Waals surface area (Å²) in [6.45, 7) is 0.546. The Morgan fingerprint density at radius 3 is 1.96 bits per heavy atom. The maximum absolute atomic E-state index is 14.1. The van der Waals surface area contributed by atoms with Crippen molar-refractivity contribution in [2.75, 3.05) is 67.4 Å². The molecule has 4 heterocycles. The molecule has 0 saturated heterocycles. The van der Waals surface area contributed by atoms with Crippen LogP contribution < -0.4 is 61.2 Å². The fourth-order valence-corrected chi connectivity index (χ4v) is 9.68. The van der Waals surface area contributed by atoms with Gasteiger partial charge in [0.1, 0.15) is 13.2 Å². The lowest BCUT2D eigenvalue weighted by Gasteiger charge is -2.22. The van der Waals surface area contributed by atoms with Crippen LogP contribution in [0.25, 0.3) is 0 Å². The van der Waals surface area contributed by atoms with Crippen molar-refractivity contribution in [3.05, 3.63) is 124 Å². The van der Waals surface area contributed by atoms with Gasteiger partial charge < -0.3 is 55.3 Å². The summed E-state index contributed by atoms with van der Waals surface area (Å²) in [7, 11) is 3.00. The van der Waals surface area contributed by atoms with Crippen LogP contribution in [-0.2, 0) is 50.1 Å². The van der Waals surface area contributed by atoms with Crippen molar-refractivity contribution in [3.63, 3.8) is 0 Å². The molecule has 0 bridgehead atoms. The Morgan fingerprint density at radius 2 is 1.27 bits per heavy atom. The number of nitrogens with zero attached hydrogens (tertiary/aromatic N) is 3. The second-order valence-corrected chi connectivity index (χ2v) is 18.5. The predicted molar refractivity (Wildman–Crippen MR) is 280 cm³/mol. The van der Waals surface area contributed by atoms with Crippen molar-refractivity contribution in [1.82, 2.24) is 16.0 Å². The van der Waals surface area contributed by atoms with E-state index in [4.69, 9.17) is 29.8 Å². The second kappa shape index (κ2) is 23.6. The third kappa shape index (κ3) is 12.0. The molecule has 0 aliphatic carbocycles. The van der Waals surface area contributed by atoms with E-state index in [2.05, 4.69) is 31.4 Å². The van der Waals surface area contributed by atoms with Crippen LogP contribution in [0.4, 0.5) is 28.4 Å². The normalized spacial score (nSPS) is 15.6. The number of fused-ring (bicyclic) bond motifs is 8. The number of anilines is 4. The summed E-state index contributed by atoms with van der Waals surface area (Å²) >= 11 is 0. The van der Waals surface area contributed by atoms with Crippen LogP contribution in [-0.4, -0.2) is 101 Å². The van der Waals surface area contributed by atoms with Gasteiger partial charge in [-0.2, -0.15) is 0 Å². The summed E-state index contributed by atoms with van der Waals surface area (Å²) in [4.78, 5) is 91.3. The molecule has 6 amide bonds. The van der Waals surface area contributed by atoms with Gasteiger partial charge in [-0.05, 0) is 90.4 Å². The van der Waals surface area contributed by atoms with E-state index in [1.165, 1.54) is 14.2 Å². The Kier molecular flexibility index (Phi) is 16.2. The lowest BCUT2D eigenvalue weighted by atomic mass is 10.1. The van der Waals surface area contributed by atoms with Crippen LogP contribution >= 0.6 is 0 Å². The Hall–Kier alpha value is -8.49. The Bertz CT molecular complexity index is 3040. The van der Waals surface area contributed by atoms with Gasteiger partial charge in [0.25, 0.3) is 11.8 Å². The number of rotatable bonds is 22. The summed E-state index contributed by atoms with van der Waals surface area (Å²) in [6, 6.07) is 27.5. The Morgan fingerprint density at radius 1 is 0.667 bits per heavy atom. The van der Waals surface area contributed by atoms with Gasteiger partial charge in [-0.15, -0.1) is 0 Å².